The van der Waals surface area contributed by atoms with Gasteiger partial charge in [-0.05, 0) is 41.2 Å². The molecule has 0 bridgehead atoms. The standard InChI is InChI=1S/C32H34N2O7/c1-20(40-18-21-9-3-2-4-10-21)28(31(36)37)34-30(35)29-22(15-16-39-29)17-33-32(38)41-19-27-25-13-7-5-11-23(25)24-12-6-8-14-26(24)27/h2-14,20,22,27-29H,15-19H2,1H3,(H,33,38)(H,34,35)(H,36,37)/t20-,22?,28+,29?/m1/s1. The maximum Gasteiger partial charge on any atom is 0.407 e. The average Bonchev–Trinajstić information content (AvgIpc) is 3.59. The van der Waals surface area contributed by atoms with E-state index < -0.39 is 36.2 Å². The van der Waals surface area contributed by atoms with Gasteiger partial charge in [-0.25, -0.2) is 9.59 Å². The van der Waals surface area contributed by atoms with Crippen LogP contribution in [0.3, 0.4) is 0 Å². The van der Waals surface area contributed by atoms with Crippen molar-refractivity contribution in [3.63, 3.8) is 0 Å². The number of aliphatic carboxylic acids is 1. The van der Waals surface area contributed by atoms with Crippen LogP contribution < -0.4 is 10.6 Å². The molecule has 3 aromatic rings. The molecule has 5 rings (SSSR count). The number of amides is 2. The second kappa shape index (κ2) is 13.0. The third-order valence-electron chi connectivity index (χ3n) is 7.71. The van der Waals surface area contributed by atoms with Gasteiger partial charge in [-0.2, -0.15) is 0 Å². The number of ether oxygens (including phenoxy) is 3. The molecule has 0 spiro atoms. The topological polar surface area (TPSA) is 123 Å². The number of carbonyl (C=O) groups excluding carboxylic acids is 2. The van der Waals surface area contributed by atoms with Crippen molar-refractivity contribution >= 4 is 18.0 Å². The van der Waals surface area contributed by atoms with E-state index in [0.717, 1.165) is 27.8 Å². The number of carboxylic acids is 1. The van der Waals surface area contributed by atoms with Gasteiger partial charge in [0.15, 0.2) is 6.04 Å². The third-order valence-corrected chi connectivity index (χ3v) is 7.71. The number of carboxylic acid groups (broad SMARTS) is 1. The summed E-state index contributed by atoms with van der Waals surface area (Å²) in [6, 6.07) is 24.3. The van der Waals surface area contributed by atoms with Gasteiger partial charge in [-0.15, -0.1) is 0 Å². The molecule has 1 heterocycles. The van der Waals surface area contributed by atoms with Crippen molar-refractivity contribution < 1.29 is 33.7 Å². The van der Waals surface area contributed by atoms with E-state index in [1.807, 2.05) is 54.6 Å². The highest BCUT2D eigenvalue weighted by Crippen LogP contribution is 2.44. The number of alkyl carbamates (subject to hydrolysis) is 1. The molecule has 2 aliphatic rings. The molecule has 9 heteroatoms. The lowest BCUT2D eigenvalue weighted by Crippen LogP contribution is -2.53. The first kappa shape index (κ1) is 28.3. The van der Waals surface area contributed by atoms with E-state index in [2.05, 4.69) is 34.9 Å². The summed E-state index contributed by atoms with van der Waals surface area (Å²) >= 11 is 0. The number of rotatable bonds is 11. The smallest absolute Gasteiger partial charge is 0.407 e. The molecule has 3 aromatic carbocycles. The zero-order chi connectivity index (χ0) is 28.8. The molecule has 41 heavy (non-hydrogen) atoms. The Labute approximate surface area is 238 Å². The minimum atomic E-state index is -1.26. The quantitative estimate of drug-likeness (QED) is 0.324. The summed E-state index contributed by atoms with van der Waals surface area (Å²) in [7, 11) is 0. The monoisotopic (exact) mass is 558 g/mol. The number of benzene rings is 3. The average molecular weight is 559 g/mol. The Balaban J connectivity index is 1.12. The van der Waals surface area contributed by atoms with Gasteiger partial charge >= 0.3 is 12.1 Å². The van der Waals surface area contributed by atoms with Crippen LogP contribution in [0.1, 0.15) is 36.0 Å². The van der Waals surface area contributed by atoms with Crippen LogP contribution in [0.4, 0.5) is 4.79 Å². The van der Waals surface area contributed by atoms with Crippen molar-refractivity contribution in [3.05, 3.63) is 95.6 Å². The lowest BCUT2D eigenvalue weighted by Gasteiger charge is -2.25. The molecule has 214 valence electrons. The van der Waals surface area contributed by atoms with E-state index in [1.165, 1.54) is 0 Å². The van der Waals surface area contributed by atoms with Crippen molar-refractivity contribution in [3.8, 4) is 11.1 Å². The summed E-state index contributed by atoms with van der Waals surface area (Å²) in [5, 5.41) is 15.1. The van der Waals surface area contributed by atoms with Gasteiger partial charge in [0, 0.05) is 25.0 Å². The van der Waals surface area contributed by atoms with Crippen molar-refractivity contribution in [2.45, 2.75) is 44.1 Å². The highest BCUT2D eigenvalue weighted by atomic mass is 16.5. The van der Waals surface area contributed by atoms with Crippen LogP contribution in [0.15, 0.2) is 78.9 Å². The fourth-order valence-electron chi connectivity index (χ4n) is 5.51. The molecule has 9 nitrogen and oxygen atoms in total. The first-order valence-electron chi connectivity index (χ1n) is 13.8. The Bertz CT molecular complexity index is 1330. The van der Waals surface area contributed by atoms with E-state index in [0.29, 0.717) is 13.0 Å². The summed E-state index contributed by atoms with van der Waals surface area (Å²) < 4.78 is 17.0. The van der Waals surface area contributed by atoms with Crippen LogP contribution in [0.2, 0.25) is 0 Å². The van der Waals surface area contributed by atoms with Crippen molar-refractivity contribution in [2.75, 3.05) is 19.8 Å². The van der Waals surface area contributed by atoms with Gasteiger partial charge in [0.2, 0.25) is 5.91 Å². The highest BCUT2D eigenvalue weighted by molar-refractivity contribution is 5.87. The Morgan fingerprint density at radius 2 is 1.59 bits per heavy atom. The molecular weight excluding hydrogens is 524 g/mol. The Morgan fingerprint density at radius 1 is 0.951 bits per heavy atom. The number of fused-ring (bicyclic) bond motifs is 3. The molecule has 2 amide bonds. The van der Waals surface area contributed by atoms with Gasteiger partial charge in [0.25, 0.3) is 0 Å². The molecule has 4 atom stereocenters. The van der Waals surface area contributed by atoms with Crippen LogP contribution in [-0.4, -0.2) is 61.1 Å². The second-order valence-corrected chi connectivity index (χ2v) is 10.4. The molecule has 1 saturated heterocycles. The Hall–Kier alpha value is -4.21. The summed E-state index contributed by atoms with van der Waals surface area (Å²) in [6.07, 6.45) is -1.72. The Kier molecular flexibility index (Phi) is 8.96. The van der Waals surface area contributed by atoms with E-state index >= 15 is 0 Å². The molecule has 1 fully saturated rings. The number of carbonyl (C=O) groups is 3. The molecular formula is C32H34N2O7. The molecule has 2 unspecified atom stereocenters. The maximum absolute atomic E-state index is 13.0. The van der Waals surface area contributed by atoms with Crippen LogP contribution in [-0.2, 0) is 30.4 Å². The van der Waals surface area contributed by atoms with Crippen LogP contribution in [0.25, 0.3) is 11.1 Å². The van der Waals surface area contributed by atoms with Crippen LogP contribution in [0.5, 0.6) is 0 Å². The second-order valence-electron chi connectivity index (χ2n) is 10.4. The number of hydrogen-bond donors (Lipinski definition) is 3. The van der Waals surface area contributed by atoms with E-state index in [4.69, 9.17) is 14.2 Å². The van der Waals surface area contributed by atoms with E-state index in [1.54, 1.807) is 6.92 Å². The minimum Gasteiger partial charge on any atom is -0.480 e. The number of nitrogens with one attached hydrogen (secondary N) is 2. The molecule has 0 aromatic heterocycles. The summed E-state index contributed by atoms with van der Waals surface area (Å²) in [6.45, 7) is 2.49. The Morgan fingerprint density at radius 3 is 2.24 bits per heavy atom. The van der Waals surface area contributed by atoms with Crippen molar-refractivity contribution in [1.82, 2.24) is 10.6 Å². The zero-order valence-electron chi connectivity index (χ0n) is 22.8. The van der Waals surface area contributed by atoms with Gasteiger partial charge in [-0.3, -0.25) is 4.79 Å². The van der Waals surface area contributed by atoms with E-state index in [9.17, 15) is 19.5 Å². The summed E-state index contributed by atoms with van der Waals surface area (Å²) in [5.74, 6) is -2.14. The van der Waals surface area contributed by atoms with Crippen LogP contribution in [0, 0.1) is 5.92 Å². The maximum atomic E-state index is 13.0. The molecule has 0 radical (unpaired) electrons. The fourth-order valence-corrected chi connectivity index (χ4v) is 5.51. The molecule has 1 aliphatic heterocycles. The molecule has 0 saturated carbocycles. The minimum absolute atomic E-state index is 0.0551. The van der Waals surface area contributed by atoms with Crippen molar-refractivity contribution in [1.29, 1.82) is 0 Å². The zero-order valence-corrected chi connectivity index (χ0v) is 22.8. The van der Waals surface area contributed by atoms with E-state index in [-0.39, 0.29) is 31.6 Å². The third kappa shape index (κ3) is 6.58. The largest absolute Gasteiger partial charge is 0.480 e. The normalized spacial score (nSPS) is 19.0. The first-order chi connectivity index (χ1) is 19.9. The van der Waals surface area contributed by atoms with Gasteiger partial charge in [0.05, 0.1) is 12.7 Å². The number of hydrogen-bond acceptors (Lipinski definition) is 6. The van der Waals surface area contributed by atoms with Gasteiger partial charge in [0.1, 0.15) is 12.7 Å². The van der Waals surface area contributed by atoms with Crippen molar-refractivity contribution in [2.24, 2.45) is 5.92 Å². The van der Waals surface area contributed by atoms with Gasteiger partial charge < -0.3 is 30.0 Å². The SMILES string of the molecule is C[C@@H](OCc1ccccc1)[C@H](NC(=O)C1OCCC1CNC(=O)OCC1c2ccccc2-c2ccccc21)C(=O)O. The summed E-state index contributed by atoms with van der Waals surface area (Å²) in [4.78, 5) is 37.6. The molecule has 1 aliphatic carbocycles. The van der Waals surface area contributed by atoms with Crippen LogP contribution >= 0.6 is 0 Å². The predicted octanol–water partition coefficient (Wildman–Crippen LogP) is 4.10. The summed E-state index contributed by atoms with van der Waals surface area (Å²) in [5.41, 5.74) is 5.44. The van der Waals surface area contributed by atoms with Gasteiger partial charge in [-0.1, -0.05) is 78.9 Å². The lowest BCUT2D eigenvalue weighted by atomic mass is 9.98. The lowest BCUT2D eigenvalue weighted by molar-refractivity contribution is -0.148. The fraction of sp³-hybridized carbons (Fsp3) is 0.344. The highest BCUT2D eigenvalue weighted by Gasteiger charge is 2.38. The predicted molar refractivity (Wildman–Crippen MR) is 151 cm³/mol. The molecule has 3 N–H and O–H groups in total. The first-order valence-corrected chi connectivity index (χ1v) is 13.8.